The van der Waals surface area contributed by atoms with Gasteiger partial charge in [-0.25, -0.2) is 0 Å². The average molecular weight is 349 g/mol. The second kappa shape index (κ2) is 5.05. The Labute approximate surface area is 108 Å². The summed E-state index contributed by atoms with van der Waals surface area (Å²) in [5, 5.41) is 7.98. The van der Waals surface area contributed by atoms with E-state index < -0.39 is 0 Å². The van der Waals surface area contributed by atoms with Crippen LogP contribution in [0.4, 0.5) is 5.00 Å². The van der Waals surface area contributed by atoms with Crippen molar-refractivity contribution in [2.45, 2.75) is 6.54 Å². The van der Waals surface area contributed by atoms with E-state index in [2.05, 4.69) is 58.9 Å². The van der Waals surface area contributed by atoms with Crippen molar-refractivity contribution in [1.82, 2.24) is 9.59 Å². The quantitative estimate of drug-likeness (QED) is 0.919. The maximum absolute atomic E-state index is 3.78. The lowest BCUT2D eigenvalue weighted by atomic mass is 10.2. The van der Waals surface area contributed by atoms with Crippen LogP contribution in [0.3, 0.4) is 0 Å². The molecule has 0 aliphatic heterocycles. The first-order chi connectivity index (χ1) is 7.25. The fourth-order valence-electron chi connectivity index (χ4n) is 1.08. The molecule has 0 aliphatic rings. The van der Waals surface area contributed by atoms with Crippen molar-refractivity contribution in [2.24, 2.45) is 0 Å². The van der Waals surface area contributed by atoms with Gasteiger partial charge in [-0.3, -0.25) is 0 Å². The fraction of sp³-hybridized carbons (Fsp3) is 0.111. The summed E-state index contributed by atoms with van der Waals surface area (Å²) in [4.78, 5) is 0. The molecule has 2 rings (SSSR count). The van der Waals surface area contributed by atoms with E-state index in [1.165, 1.54) is 17.1 Å². The number of hydrogen-bond acceptors (Lipinski definition) is 4. The van der Waals surface area contributed by atoms with Crippen LogP contribution in [-0.4, -0.2) is 9.59 Å². The molecule has 3 nitrogen and oxygen atoms in total. The third-order valence-electron chi connectivity index (χ3n) is 1.81. The van der Waals surface area contributed by atoms with Crippen LogP contribution >= 0.6 is 43.4 Å². The van der Waals surface area contributed by atoms with Gasteiger partial charge >= 0.3 is 0 Å². The number of aromatic nitrogens is 2. The minimum Gasteiger partial charge on any atom is -0.370 e. The van der Waals surface area contributed by atoms with Crippen LogP contribution in [0.5, 0.6) is 0 Å². The summed E-state index contributed by atoms with van der Waals surface area (Å²) in [6, 6.07) is 6.16. The Hall–Kier alpha value is -0.460. The van der Waals surface area contributed by atoms with Gasteiger partial charge < -0.3 is 5.32 Å². The zero-order valence-electron chi connectivity index (χ0n) is 7.58. The maximum Gasteiger partial charge on any atom is 0.130 e. The third-order valence-corrected chi connectivity index (χ3v) is 4.31. The van der Waals surface area contributed by atoms with Gasteiger partial charge in [0.15, 0.2) is 0 Å². The SMILES string of the molecule is Brc1ccc(CNc2cnns2)cc1Br. The predicted octanol–water partition coefficient (Wildman–Crippen LogP) is 3.68. The summed E-state index contributed by atoms with van der Waals surface area (Å²) >= 11 is 8.26. The van der Waals surface area contributed by atoms with E-state index in [-0.39, 0.29) is 0 Å². The topological polar surface area (TPSA) is 37.8 Å². The molecule has 0 spiro atoms. The smallest absolute Gasteiger partial charge is 0.130 e. The number of halogens is 2. The molecule has 0 unspecified atom stereocenters. The molecule has 0 radical (unpaired) electrons. The first kappa shape index (κ1) is 11.0. The Kier molecular flexibility index (Phi) is 3.71. The van der Waals surface area contributed by atoms with Gasteiger partial charge in [-0.05, 0) is 49.6 Å². The summed E-state index contributed by atoms with van der Waals surface area (Å²) in [6.45, 7) is 0.774. The van der Waals surface area contributed by atoms with Gasteiger partial charge in [-0.15, -0.1) is 5.10 Å². The van der Waals surface area contributed by atoms with Crippen molar-refractivity contribution in [1.29, 1.82) is 0 Å². The van der Waals surface area contributed by atoms with Gasteiger partial charge in [0.1, 0.15) is 5.00 Å². The molecule has 0 saturated heterocycles. The zero-order chi connectivity index (χ0) is 10.7. The second-order valence-electron chi connectivity index (χ2n) is 2.88. The molecule has 0 saturated carbocycles. The maximum atomic E-state index is 3.78. The number of nitrogens with zero attached hydrogens (tertiary/aromatic N) is 2. The molecule has 0 amide bonds. The van der Waals surface area contributed by atoms with Crippen molar-refractivity contribution in [3.63, 3.8) is 0 Å². The van der Waals surface area contributed by atoms with Gasteiger partial charge in [0.05, 0.1) is 6.20 Å². The van der Waals surface area contributed by atoms with Crippen LogP contribution in [0, 0.1) is 0 Å². The minimum atomic E-state index is 0.774. The molecule has 1 aromatic carbocycles. The molecular formula is C9H7Br2N3S. The van der Waals surface area contributed by atoms with Crippen molar-refractivity contribution in [3.05, 3.63) is 38.9 Å². The molecule has 0 bridgehead atoms. The Morgan fingerprint density at radius 1 is 1.27 bits per heavy atom. The van der Waals surface area contributed by atoms with Crippen LogP contribution in [0.1, 0.15) is 5.56 Å². The first-order valence-electron chi connectivity index (χ1n) is 4.21. The van der Waals surface area contributed by atoms with Gasteiger partial charge in [0, 0.05) is 27.0 Å². The van der Waals surface area contributed by atoms with Crippen molar-refractivity contribution < 1.29 is 0 Å². The molecule has 15 heavy (non-hydrogen) atoms. The highest BCUT2D eigenvalue weighted by molar-refractivity contribution is 9.13. The van der Waals surface area contributed by atoms with Crippen molar-refractivity contribution in [3.8, 4) is 0 Å². The lowest BCUT2D eigenvalue weighted by molar-refractivity contribution is 1.13. The number of hydrogen-bond donors (Lipinski definition) is 1. The van der Waals surface area contributed by atoms with E-state index in [0.29, 0.717) is 0 Å². The molecule has 6 heteroatoms. The lowest BCUT2D eigenvalue weighted by Crippen LogP contribution is -1.97. The van der Waals surface area contributed by atoms with Crippen LogP contribution in [0.2, 0.25) is 0 Å². The zero-order valence-corrected chi connectivity index (χ0v) is 11.6. The molecule has 1 N–H and O–H groups in total. The molecular weight excluding hydrogens is 342 g/mol. The van der Waals surface area contributed by atoms with E-state index >= 15 is 0 Å². The Bertz CT molecular complexity index is 445. The van der Waals surface area contributed by atoms with Crippen LogP contribution in [-0.2, 0) is 6.54 Å². The van der Waals surface area contributed by atoms with Crippen LogP contribution in [0.15, 0.2) is 33.3 Å². The van der Waals surface area contributed by atoms with Gasteiger partial charge in [-0.2, -0.15) is 0 Å². The standard InChI is InChI=1S/C9H7Br2N3S/c10-7-2-1-6(3-8(7)11)4-12-9-5-13-14-15-9/h1-3,5,12H,4H2. The summed E-state index contributed by atoms with van der Waals surface area (Å²) in [5.74, 6) is 0. The first-order valence-corrected chi connectivity index (χ1v) is 6.57. The summed E-state index contributed by atoms with van der Waals surface area (Å²) < 4.78 is 5.90. The number of nitrogens with one attached hydrogen (secondary N) is 1. The molecule has 0 fully saturated rings. The minimum absolute atomic E-state index is 0.774. The van der Waals surface area contributed by atoms with E-state index in [1.54, 1.807) is 6.20 Å². The number of anilines is 1. The highest BCUT2D eigenvalue weighted by atomic mass is 79.9. The van der Waals surface area contributed by atoms with Gasteiger partial charge in [-0.1, -0.05) is 10.6 Å². The Morgan fingerprint density at radius 2 is 2.13 bits per heavy atom. The van der Waals surface area contributed by atoms with Crippen LogP contribution < -0.4 is 5.32 Å². The fourth-order valence-corrected chi connectivity index (χ4v) is 2.17. The number of benzene rings is 1. The van der Waals surface area contributed by atoms with Crippen molar-refractivity contribution >= 4 is 48.4 Å². The van der Waals surface area contributed by atoms with E-state index in [9.17, 15) is 0 Å². The molecule has 78 valence electrons. The van der Waals surface area contributed by atoms with E-state index in [0.717, 1.165) is 20.5 Å². The molecule has 2 aromatic rings. The highest BCUT2D eigenvalue weighted by Crippen LogP contribution is 2.24. The van der Waals surface area contributed by atoms with Gasteiger partial charge in [0.2, 0.25) is 0 Å². The lowest BCUT2D eigenvalue weighted by Gasteiger charge is -2.04. The van der Waals surface area contributed by atoms with Gasteiger partial charge in [0.25, 0.3) is 0 Å². The highest BCUT2D eigenvalue weighted by Gasteiger charge is 1.99. The van der Waals surface area contributed by atoms with Crippen molar-refractivity contribution in [2.75, 3.05) is 5.32 Å². The Balaban J connectivity index is 2.02. The monoisotopic (exact) mass is 347 g/mol. The number of rotatable bonds is 3. The molecule has 0 aliphatic carbocycles. The summed E-state index contributed by atoms with van der Waals surface area (Å²) in [7, 11) is 0. The average Bonchev–Trinajstić information content (AvgIpc) is 2.73. The Morgan fingerprint density at radius 3 is 2.80 bits per heavy atom. The van der Waals surface area contributed by atoms with E-state index in [4.69, 9.17) is 0 Å². The van der Waals surface area contributed by atoms with Crippen LogP contribution in [0.25, 0.3) is 0 Å². The second-order valence-corrected chi connectivity index (χ2v) is 5.38. The normalized spacial score (nSPS) is 10.3. The predicted molar refractivity (Wildman–Crippen MR) is 69.1 cm³/mol. The third kappa shape index (κ3) is 2.99. The summed E-state index contributed by atoms with van der Waals surface area (Å²) in [5.41, 5.74) is 1.21. The molecule has 1 aromatic heterocycles. The molecule has 1 heterocycles. The summed E-state index contributed by atoms with van der Waals surface area (Å²) in [6.07, 6.45) is 1.72. The largest absolute Gasteiger partial charge is 0.370 e. The molecule has 0 atom stereocenters. The van der Waals surface area contributed by atoms with E-state index in [1.807, 2.05) is 6.07 Å².